The first kappa shape index (κ1) is 19.3. The molecule has 0 amide bonds. The predicted molar refractivity (Wildman–Crippen MR) is 117 cm³/mol. The van der Waals surface area contributed by atoms with Gasteiger partial charge < -0.3 is 4.74 Å². The molecule has 154 valence electrons. The van der Waals surface area contributed by atoms with Crippen LogP contribution in [0.15, 0.2) is 24.4 Å². The smallest absolute Gasteiger partial charge is 0.102 e. The van der Waals surface area contributed by atoms with Crippen LogP contribution in [0.2, 0.25) is 0 Å². The molecule has 2 aliphatic carbocycles. The van der Waals surface area contributed by atoms with Crippen molar-refractivity contribution in [1.29, 1.82) is 5.26 Å². The molecule has 1 N–H and O–H groups in total. The van der Waals surface area contributed by atoms with Crippen molar-refractivity contribution in [3.05, 3.63) is 46.9 Å². The van der Waals surface area contributed by atoms with E-state index in [-0.39, 0.29) is 5.41 Å². The first-order chi connectivity index (χ1) is 14.8. The Morgan fingerprint density at radius 1 is 1.13 bits per heavy atom. The summed E-state index contributed by atoms with van der Waals surface area (Å²) in [5, 5.41) is 18.9. The van der Waals surface area contributed by atoms with Crippen LogP contribution >= 0.6 is 0 Å². The molecule has 0 radical (unpaired) electrons. The molecule has 5 rings (SSSR count). The third-order valence-corrected chi connectivity index (χ3v) is 7.07. The molecule has 0 bridgehead atoms. The van der Waals surface area contributed by atoms with Crippen LogP contribution in [0.5, 0.6) is 0 Å². The maximum absolute atomic E-state index is 10.4. The van der Waals surface area contributed by atoms with Crippen molar-refractivity contribution in [3.8, 4) is 17.2 Å². The van der Waals surface area contributed by atoms with Gasteiger partial charge in [0.05, 0.1) is 29.6 Å². The van der Waals surface area contributed by atoms with E-state index < -0.39 is 0 Å². The van der Waals surface area contributed by atoms with E-state index in [1.165, 1.54) is 30.5 Å². The van der Waals surface area contributed by atoms with Crippen LogP contribution in [0.4, 0.5) is 0 Å². The second-order valence-electron chi connectivity index (χ2n) is 8.87. The number of aromatic nitrogens is 3. The number of rotatable bonds is 4. The molecule has 5 nitrogen and oxygen atoms in total. The van der Waals surface area contributed by atoms with E-state index in [0.717, 1.165) is 71.8 Å². The third-order valence-electron chi connectivity index (χ3n) is 7.07. The molecule has 1 saturated carbocycles. The second kappa shape index (κ2) is 7.85. The van der Waals surface area contributed by atoms with E-state index in [1.807, 2.05) is 12.3 Å². The van der Waals surface area contributed by atoms with E-state index in [1.54, 1.807) is 7.11 Å². The van der Waals surface area contributed by atoms with Gasteiger partial charge in [0.25, 0.3) is 0 Å². The molecular formula is C25H28N4O. The van der Waals surface area contributed by atoms with Crippen LogP contribution in [-0.4, -0.2) is 28.9 Å². The van der Waals surface area contributed by atoms with Gasteiger partial charge in [-0.05, 0) is 55.7 Å². The van der Waals surface area contributed by atoms with Gasteiger partial charge in [-0.15, -0.1) is 0 Å². The Morgan fingerprint density at radius 2 is 1.97 bits per heavy atom. The number of methoxy groups -OCH3 is 1. The second-order valence-corrected chi connectivity index (χ2v) is 8.87. The largest absolute Gasteiger partial charge is 0.384 e. The minimum Gasteiger partial charge on any atom is -0.384 e. The maximum atomic E-state index is 10.4. The van der Waals surface area contributed by atoms with Crippen molar-refractivity contribution < 1.29 is 4.74 Å². The highest BCUT2D eigenvalue weighted by molar-refractivity contribution is 5.97. The van der Waals surface area contributed by atoms with Crippen LogP contribution in [0, 0.1) is 11.3 Å². The van der Waals surface area contributed by atoms with Gasteiger partial charge >= 0.3 is 0 Å². The zero-order valence-corrected chi connectivity index (χ0v) is 17.6. The Hall–Kier alpha value is -2.71. The molecule has 2 aliphatic rings. The van der Waals surface area contributed by atoms with Crippen molar-refractivity contribution in [2.24, 2.45) is 0 Å². The van der Waals surface area contributed by atoms with Gasteiger partial charge in [0.15, 0.2) is 0 Å². The molecule has 3 aromatic rings. The van der Waals surface area contributed by atoms with E-state index in [9.17, 15) is 5.26 Å². The number of fused-ring (bicyclic) bond motifs is 2. The SMILES string of the molecule is COCC1(c2nc3c(c(-c4cccc5[nH]ncc45)c2C#N)CCCCC3)CCCC1. The minimum atomic E-state index is -0.153. The van der Waals surface area contributed by atoms with Crippen molar-refractivity contribution >= 4 is 10.9 Å². The van der Waals surface area contributed by atoms with Crippen LogP contribution < -0.4 is 0 Å². The molecule has 0 atom stereocenters. The van der Waals surface area contributed by atoms with Crippen molar-refractivity contribution in [2.75, 3.05) is 13.7 Å². The van der Waals surface area contributed by atoms with Gasteiger partial charge in [-0.25, -0.2) is 0 Å². The fraction of sp³-hybridized carbons (Fsp3) is 0.480. The number of nitrogens with zero attached hydrogens (tertiary/aromatic N) is 3. The highest BCUT2D eigenvalue weighted by Crippen LogP contribution is 2.46. The lowest BCUT2D eigenvalue weighted by molar-refractivity contribution is 0.129. The summed E-state index contributed by atoms with van der Waals surface area (Å²) in [7, 11) is 1.77. The number of pyridine rings is 1. The van der Waals surface area contributed by atoms with Crippen molar-refractivity contribution in [3.63, 3.8) is 0 Å². The Kier molecular flexibility index (Phi) is 5.04. The molecular weight excluding hydrogens is 372 g/mol. The van der Waals surface area contributed by atoms with E-state index >= 15 is 0 Å². The lowest BCUT2D eigenvalue weighted by Crippen LogP contribution is -2.31. The maximum Gasteiger partial charge on any atom is 0.102 e. The van der Waals surface area contributed by atoms with Gasteiger partial charge in [0.1, 0.15) is 6.07 Å². The summed E-state index contributed by atoms with van der Waals surface area (Å²) in [6, 6.07) is 8.84. The summed E-state index contributed by atoms with van der Waals surface area (Å²) < 4.78 is 5.69. The van der Waals surface area contributed by atoms with Gasteiger partial charge in [-0.3, -0.25) is 10.1 Å². The fourth-order valence-corrected chi connectivity index (χ4v) is 5.67. The average Bonchev–Trinajstić information content (AvgIpc) is 3.38. The topological polar surface area (TPSA) is 74.6 Å². The van der Waals surface area contributed by atoms with E-state index in [2.05, 4.69) is 28.4 Å². The normalized spacial score (nSPS) is 18.1. The third kappa shape index (κ3) is 3.02. The number of aryl methyl sites for hydroxylation is 1. The van der Waals surface area contributed by atoms with Crippen LogP contribution in [0.25, 0.3) is 22.0 Å². The number of aromatic amines is 1. The lowest BCUT2D eigenvalue weighted by Gasteiger charge is -2.31. The van der Waals surface area contributed by atoms with Crippen molar-refractivity contribution in [2.45, 2.75) is 63.2 Å². The highest BCUT2D eigenvalue weighted by Gasteiger charge is 2.41. The van der Waals surface area contributed by atoms with Crippen LogP contribution in [0.3, 0.4) is 0 Å². The average molecular weight is 401 g/mol. The molecule has 1 fully saturated rings. The van der Waals surface area contributed by atoms with Crippen LogP contribution in [0.1, 0.15) is 67.5 Å². The van der Waals surface area contributed by atoms with Crippen LogP contribution in [-0.2, 0) is 23.0 Å². The molecule has 0 spiro atoms. The number of nitrogens with one attached hydrogen (secondary N) is 1. The Balaban J connectivity index is 1.85. The Labute approximate surface area is 177 Å². The molecule has 2 heterocycles. The Morgan fingerprint density at radius 3 is 2.77 bits per heavy atom. The number of ether oxygens (including phenoxy) is 1. The summed E-state index contributed by atoms with van der Waals surface area (Å²) in [5.74, 6) is 0. The number of nitriles is 1. The Bertz CT molecular complexity index is 1120. The first-order valence-corrected chi connectivity index (χ1v) is 11.2. The minimum absolute atomic E-state index is 0.153. The summed E-state index contributed by atoms with van der Waals surface area (Å²) in [6.45, 7) is 0.628. The van der Waals surface area contributed by atoms with Gasteiger partial charge in [0.2, 0.25) is 0 Å². The zero-order valence-electron chi connectivity index (χ0n) is 17.6. The van der Waals surface area contributed by atoms with Gasteiger partial charge in [-0.2, -0.15) is 10.4 Å². The highest BCUT2D eigenvalue weighted by atomic mass is 16.5. The fourth-order valence-electron chi connectivity index (χ4n) is 5.67. The van der Waals surface area contributed by atoms with E-state index in [0.29, 0.717) is 6.61 Å². The number of hydrogen-bond acceptors (Lipinski definition) is 4. The molecule has 1 aromatic carbocycles. The van der Waals surface area contributed by atoms with Gasteiger partial charge in [-0.1, -0.05) is 31.4 Å². The zero-order chi connectivity index (χ0) is 20.6. The number of benzene rings is 1. The number of hydrogen-bond donors (Lipinski definition) is 1. The molecule has 2 aromatic heterocycles. The van der Waals surface area contributed by atoms with E-state index in [4.69, 9.17) is 9.72 Å². The monoisotopic (exact) mass is 400 g/mol. The first-order valence-electron chi connectivity index (χ1n) is 11.2. The summed E-state index contributed by atoms with van der Waals surface area (Å²) >= 11 is 0. The molecule has 30 heavy (non-hydrogen) atoms. The number of H-pyrrole nitrogens is 1. The molecule has 5 heteroatoms. The quantitative estimate of drug-likeness (QED) is 0.609. The lowest BCUT2D eigenvalue weighted by atomic mass is 9.77. The predicted octanol–water partition coefficient (Wildman–Crippen LogP) is 5.22. The summed E-state index contributed by atoms with van der Waals surface area (Å²) in [6.07, 6.45) is 11.8. The summed E-state index contributed by atoms with van der Waals surface area (Å²) in [4.78, 5) is 5.24. The molecule has 0 saturated heterocycles. The molecule has 0 unspecified atom stereocenters. The van der Waals surface area contributed by atoms with Gasteiger partial charge in [0, 0.05) is 29.2 Å². The molecule has 0 aliphatic heterocycles. The summed E-state index contributed by atoms with van der Waals surface area (Å²) in [5.41, 5.74) is 7.24. The standard InChI is InChI=1S/C25H28N4O/c1-30-16-25(12-5-6-13-25)24-19(14-26)23(18-8-3-2-4-10-21(18)28-24)17-9-7-11-22-20(17)15-27-29-22/h7,9,11,15H,2-6,8,10,12-13,16H2,1H3,(H,27,29). The van der Waals surface area contributed by atoms with Crippen molar-refractivity contribution in [1.82, 2.24) is 15.2 Å².